The van der Waals surface area contributed by atoms with Crippen molar-refractivity contribution in [3.05, 3.63) is 101 Å². The molecule has 148 valence electrons. The molecular weight excluding hydrogens is 388 g/mol. The van der Waals surface area contributed by atoms with E-state index in [1.54, 1.807) is 18.2 Å². The number of hydrazine groups is 1. The van der Waals surface area contributed by atoms with E-state index in [1.807, 2.05) is 67.6 Å². The molecule has 0 spiro atoms. The Hall–Kier alpha value is -3.31. The molecule has 0 aliphatic heterocycles. The minimum Gasteiger partial charge on any atom is -0.484 e. The van der Waals surface area contributed by atoms with Crippen molar-refractivity contribution in [1.29, 1.82) is 0 Å². The zero-order valence-electron chi connectivity index (χ0n) is 15.9. The SMILES string of the molecule is Cc1cc(OCC(=O)NNC(=O)C(c2ccccc2)c2ccccc2)ccc1Cl. The van der Waals surface area contributed by atoms with Crippen molar-refractivity contribution in [1.82, 2.24) is 10.9 Å². The van der Waals surface area contributed by atoms with Crippen LogP contribution >= 0.6 is 11.6 Å². The Balaban J connectivity index is 1.61. The van der Waals surface area contributed by atoms with Crippen molar-refractivity contribution in [3.63, 3.8) is 0 Å². The van der Waals surface area contributed by atoms with Gasteiger partial charge in [-0.3, -0.25) is 20.4 Å². The van der Waals surface area contributed by atoms with Crippen LogP contribution in [0.25, 0.3) is 0 Å². The molecular formula is C23H21ClN2O3. The van der Waals surface area contributed by atoms with E-state index in [9.17, 15) is 9.59 Å². The maximum Gasteiger partial charge on any atom is 0.276 e. The number of carbonyl (C=O) groups excluding carboxylic acids is 2. The fourth-order valence-electron chi connectivity index (χ4n) is 2.88. The summed E-state index contributed by atoms with van der Waals surface area (Å²) in [6.45, 7) is 1.62. The number of benzene rings is 3. The average molecular weight is 409 g/mol. The molecule has 0 heterocycles. The Kier molecular flexibility index (Phi) is 6.87. The van der Waals surface area contributed by atoms with Crippen molar-refractivity contribution >= 4 is 23.4 Å². The van der Waals surface area contributed by atoms with E-state index < -0.39 is 11.8 Å². The number of halogens is 1. The molecule has 3 aromatic rings. The van der Waals surface area contributed by atoms with E-state index in [2.05, 4.69) is 10.9 Å². The van der Waals surface area contributed by atoms with Gasteiger partial charge in [-0.1, -0.05) is 72.3 Å². The molecule has 2 N–H and O–H groups in total. The second-order valence-corrected chi connectivity index (χ2v) is 6.90. The highest BCUT2D eigenvalue weighted by atomic mass is 35.5. The van der Waals surface area contributed by atoms with Gasteiger partial charge in [0.1, 0.15) is 5.75 Å². The lowest BCUT2D eigenvalue weighted by molar-refractivity contribution is -0.130. The Labute approximate surface area is 174 Å². The first-order chi connectivity index (χ1) is 14.0. The maximum atomic E-state index is 12.8. The third-order valence-electron chi connectivity index (χ3n) is 4.35. The lowest BCUT2D eigenvalue weighted by Crippen LogP contribution is -2.46. The molecule has 0 saturated heterocycles. The molecule has 6 heteroatoms. The summed E-state index contributed by atoms with van der Waals surface area (Å²) in [5.41, 5.74) is 7.42. The molecule has 0 radical (unpaired) electrons. The fourth-order valence-corrected chi connectivity index (χ4v) is 3.00. The highest BCUT2D eigenvalue weighted by Gasteiger charge is 2.22. The molecule has 2 amide bonds. The Morgan fingerprint density at radius 1 is 0.897 bits per heavy atom. The lowest BCUT2D eigenvalue weighted by Gasteiger charge is -2.18. The van der Waals surface area contributed by atoms with Gasteiger partial charge in [0, 0.05) is 5.02 Å². The molecule has 0 aliphatic carbocycles. The molecule has 5 nitrogen and oxygen atoms in total. The first kappa shape index (κ1) is 20.4. The van der Waals surface area contributed by atoms with Gasteiger partial charge < -0.3 is 4.74 Å². The third-order valence-corrected chi connectivity index (χ3v) is 4.78. The van der Waals surface area contributed by atoms with Crippen LogP contribution in [-0.4, -0.2) is 18.4 Å². The Morgan fingerprint density at radius 3 is 2.03 bits per heavy atom. The number of nitrogens with one attached hydrogen (secondary N) is 2. The summed E-state index contributed by atoms with van der Waals surface area (Å²) in [6, 6.07) is 23.9. The zero-order chi connectivity index (χ0) is 20.6. The summed E-state index contributed by atoms with van der Waals surface area (Å²) < 4.78 is 5.44. The number of aryl methyl sites for hydroxylation is 1. The molecule has 0 aromatic heterocycles. The van der Waals surface area contributed by atoms with Crippen LogP contribution in [-0.2, 0) is 9.59 Å². The van der Waals surface area contributed by atoms with Crippen molar-refractivity contribution in [2.75, 3.05) is 6.61 Å². The first-order valence-corrected chi connectivity index (χ1v) is 9.50. The van der Waals surface area contributed by atoms with Crippen LogP contribution in [0.2, 0.25) is 5.02 Å². The van der Waals surface area contributed by atoms with Gasteiger partial charge in [-0.25, -0.2) is 0 Å². The molecule has 0 aliphatic rings. The van der Waals surface area contributed by atoms with Gasteiger partial charge in [0.25, 0.3) is 5.91 Å². The smallest absolute Gasteiger partial charge is 0.276 e. The van der Waals surface area contributed by atoms with Crippen LogP contribution in [0.3, 0.4) is 0 Å². The maximum absolute atomic E-state index is 12.8. The highest BCUT2D eigenvalue weighted by Crippen LogP contribution is 2.24. The standard InChI is InChI=1S/C23H21ClN2O3/c1-16-14-19(12-13-20(16)24)29-15-21(27)25-26-23(28)22(17-8-4-2-5-9-17)18-10-6-3-7-11-18/h2-14,22H,15H2,1H3,(H,25,27)(H,26,28). The van der Waals surface area contributed by atoms with E-state index in [0.717, 1.165) is 16.7 Å². The summed E-state index contributed by atoms with van der Waals surface area (Å²) in [5, 5.41) is 0.627. The van der Waals surface area contributed by atoms with Crippen molar-refractivity contribution in [2.24, 2.45) is 0 Å². The van der Waals surface area contributed by atoms with Gasteiger partial charge in [-0.05, 0) is 41.8 Å². The predicted octanol–water partition coefficient (Wildman–Crippen LogP) is 4.01. The third kappa shape index (κ3) is 5.59. The monoisotopic (exact) mass is 408 g/mol. The lowest BCUT2D eigenvalue weighted by atomic mass is 9.91. The minimum absolute atomic E-state index is 0.233. The van der Waals surface area contributed by atoms with E-state index in [1.165, 1.54) is 0 Å². The van der Waals surface area contributed by atoms with E-state index in [0.29, 0.717) is 10.8 Å². The summed E-state index contributed by atoms with van der Waals surface area (Å²) in [5.74, 6) is -0.818. The number of amides is 2. The average Bonchev–Trinajstić information content (AvgIpc) is 2.75. The molecule has 0 fully saturated rings. The largest absolute Gasteiger partial charge is 0.484 e. The van der Waals surface area contributed by atoms with Crippen LogP contribution < -0.4 is 15.6 Å². The summed E-state index contributed by atoms with van der Waals surface area (Å²) in [6.07, 6.45) is 0. The van der Waals surface area contributed by atoms with Gasteiger partial charge in [0.05, 0.1) is 5.92 Å². The summed E-state index contributed by atoms with van der Waals surface area (Å²) in [7, 11) is 0. The van der Waals surface area contributed by atoms with Gasteiger partial charge in [-0.15, -0.1) is 0 Å². The summed E-state index contributed by atoms with van der Waals surface area (Å²) in [4.78, 5) is 24.9. The van der Waals surface area contributed by atoms with Gasteiger partial charge in [0.15, 0.2) is 6.61 Å². The Bertz CT molecular complexity index is 938. The van der Waals surface area contributed by atoms with Crippen LogP contribution in [0.5, 0.6) is 5.75 Å². The number of hydrogen-bond donors (Lipinski definition) is 2. The van der Waals surface area contributed by atoms with E-state index >= 15 is 0 Å². The predicted molar refractivity (Wildman–Crippen MR) is 113 cm³/mol. The molecule has 0 atom stereocenters. The van der Waals surface area contributed by atoms with Crippen molar-refractivity contribution in [2.45, 2.75) is 12.8 Å². The minimum atomic E-state index is -0.544. The van der Waals surface area contributed by atoms with E-state index in [4.69, 9.17) is 16.3 Å². The molecule has 29 heavy (non-hydrogen) atoms. The second-order valence-electron chi connectivity index (χ2n) is 6.49. The molecule has 3 rings (SSSR count). The molecule has 3 aromatic carbocycles. The normalized spacial score (nSPS) is 10.4. The fraction of sp³-hybridized carbons (Fsp3) is 0.130. The Morgan fingerprint density at radius 2 is 1.48 bits per heavy atom. The molecule has 0 saturated carbocycles. The van der Waals surface area contributed by atoms with Crippen molar-refractivity contribution in [3.8, 4) is 5.75 Å². The van der Waals surface area contributed by atoms with Gasteiger partial charge in [-0.2, -0.15) is 0 Å². The van der Waals surface area contributed by atoms with Crippen LogP contribution in [0.15, 0.2) is 78.9 Å². The molecule has 0 bridgehead atoms. The number of rotatable bonds is 6. The topological polar surface area (TPSA) is 67.4 Å². The summed E-state index contributed by atoms with van der Waals surface area (Å²) >= 11 is 5.98. The zero-order valence-corrected chi connectivity index (χ0v) is 16.6. The van der Waals surface area contributed by atoms with Crippen LogP contribution in [0.1, 0.15) is 22.6 Å². The van der Waals surface area contributed by atoms with Gasteiger partial charge >= 0.3 is 0 Å². The van der Waals surface area contributed by atoms with E-state index in [-0.39, 0.29) is 12.5 Å². The molecule has 0 unspecified atom stereocenters. The number of hydrogen-bond acceptors (Lipinski definition) is 3. The van der Waals surface area contributed by atoms with Crippen LogP contribution in [0.4, 0.5) is 0 Å². The first-order valence-electron chi connectivity index (χ1n) is 9.12. The highest BCUT2D eigenvalue weighted by molar-refractivity contribution is 6.31. The van der Waals surface area contributed by atoms with Crippen molar-refractivity contribution < 1.29 is 14.3 Å². The van der Waals surface area contributed by atoms with Gasteiger partial charge in [0.2, 0.25) is 5.91 Å². The quantitative estimate of drug-likeness (QED) is 0.605. The number of ether oxygens (including phenoxy) is 1. The second kappa shape index (κ2) is 9.75. The number of carbonyl (C=O) groups is 2. The van der Waals surface area contributed by atoms with Crippen LogP contribution in [0, 0.1) is 6.92 Å².